The molecule has 0 bridgehead atoms. The molecule has 0 atom stereocenters. The van der Waals surface area contributed by atoms with E-state index in [2.05, 4.69) is 19.2 Å². The molecule has 1 aromatic carbocycles. The van der Waals surface area contributed by atoms with Gasteiger partial charge in [-0.1, -0.05) is 26.0 Å². The van der Waals surface area contributed by atoms with Crippen LogP contribution in [0.1, 0.15) is 36.2 Å². The lowest BCUT2D eigenvalue weighted by Crippen LogP contribution is -2.25. The molecule has 3 N–H and O–H groups in total. The first-order valence-corrected chi connectivity index (χ1v) is 7.28. The maximum absolute atomic E-state index is 11.9. The van der Waals surface area contributed by atoms with Crippen molar-refractivity contribution in [2.45, 2.75) is 26.7 Å². The number of benzene rings is 1. The maximum Gasteiger partial charge on any atom is 0.251 e. The number of carbonyl (C=O) groups is 1. The molecular weight excluding hydrogens is 252 g/mol. The molecule has 0 aromatic heterocycles. The normalized spacial score (nSPS) is 10.8. The van der Waals surface area contributed by atoms with Gasteiger partial charge in [0.05, 0.1) is 0 Å². The summed E-state index contributed by atoms with van der Waals surface area (Å²) < 4.78 is 5.46. The number of amides is 1. The van der Waals surface area contributed by atoms with E-state index in [0.29, 0.717) is 31.2 Å². The zero-order valence-corrected chi connectivity index (χ0v) is 12.5. The van der Waals surface area contributed by atoms with Crippen molar-refractivity contribution in [2.75, 3.05) is 26.3 Å². The van der Waals surface area contributed by atoms with E-state index in [-0.39, 0.29) is 5.91 Å². The standard InChI is InChI=1S/C16H26N2O2/c1-13(2)12-20-11-3-10-18-16(19)15-6-4-14(5-7-15)8-9-17/h4-7,13H,3,8-12,17H2,1-2H3,(H,18,19). The fraction of sp³-hybridized carbons (Fsp3) is 0.562. The summed E-state index contributed by atoms with van der Waals surface area (Å²) in [7, 11) is 0. The average molecular weight is 278 g/mol. The van der Waals surface area contributed by atoms with Crippen molar-refractivity contribution in [1.82, 2.24) is 5.32 Å². The number of rotatable bonds is 9. The lowest BCUT2D eigenvalue weighted by atomic mass is 10.1. The molecule has 0 aliphatic carbocycles. The van der Waals surface area contributed by atoms with E-state index in [1.165, 1.54) is 0 Å². The second-order valence-corrected chi connectivity index (χ2v) is 5.31. The molecule has 0 spiro atoms. The molecular formula is C16H26N2O2. The van der Waals surface area contributed by atoms with E-state index >= 15 is 0 Å². The van der Waals surface area contributed by atoms with Crippen LogP contribution in [0.3, 0.4) is 0 Å². The van der Waals surface area contributed by atoms with Crippen LogP contribution in [0.4, 0.5) is 0 Å². The molecule has 4 nitrogen and oxygen atoms in total. The van der Waals surface area contributed by atoms with E-state index in [9.17, 15) is 4.79 Å². The van der Waals surface area contributed by atoms with Crippen LogP contribution in [0, 0.1) is 5.92 Å². The fourth-order valence-electron chi connectivity index (χ4n) is 1.79. The number of hydrogen-bond acceptors (Lipinski definition) is 3. The minimum Gasteiger partial charge on any atom is -0.381 e. The van der Waals surface area contributed by atoms with Gasteiger partial charge in [-0.05, 0) is 43.0 Å². The first kappa shape index (κ1) is 16.7. The molecule has 1 amide bonds. The number of hydrogen-bond donors (Lipinski definition) is 2. The quantitative estimate of drug-likeness (QED) is 0.679. The molecule has 0 heterocycles. The van der Waals surface area contributed by atoms with Gasteiger partial charge < -0.3 is 15.8 Å². The fourth-order valence-corrected chi connectivity index (χ4v) is 1.79. The van der Waals surface area contributed by atoms with E-state index in [0.717, 1.165) is 25.0 Å². The summed E-state index contributed by atoms with van der Waals surface area (Å²) in [6.07, 6.45) is 1.68. The van der Waals surface area contributed by atoms with Crippen molar-refractivity contribution in [2.24, 2.45) is 11.7 Å². The molecule has 0 saturated carbocycles. The molecule has 20 heavy (non-hydrogen) atoms. The monoisotopic (exact) mass is 278 g/mol. The van der Waals surface area contributed by atoms with Crippen molar-refractivity contribution < 1.29 is 9.53 Å². The molecule has 112 valence electrons. The third-order valence-electron chi connectivity index (χ3n) is 2.85. The Kier molecular flexibility index (Phi) is 7.92. The van der Waals surface area contributed by atoms with E-state index < -0.39 is 0 Å². The highest BCUT2D eigenvalue weighted by Crippen LogP contribution is 2.04. The molecule has 4 heteroatoms. The number of nitrogens with two attached hydrogens (primary N) is 1. The van der Waals surface area contributed by atoms with Gasteiger partial charge >= 0.3 is 0 Å². The Morgan fingerprint density at radius 1 is 1.30 bits per heavy atom. The van der Waals surface area contributed by atoms with Crippen LogP contribution in [-0.2, 0) is 11.2 Å². The number of carbonyl (C=O) groups excluding carboxylic acids is 1. The van der Waals surface area contributed by atoms with Crippen molar-refractivity contribution in [3.63, 3.8) is 0 Å². The molecule has 0 fully saturated rings. The zero-order chi connectivity index (χ0) is 14.8. The van der Waals surface area contributed by atoms with E-state index in [1.807, 2.05) is 24.3 Å². The first-order chi connectivity index (χ1) is 9.63. The van der Waals surface area contributed by atoms with Crippen molar-refractivity contribution in [3.8, 4) is 0 Å². The Balaban J connectivity index is 2.22. The van der Waals surface area contributed by atoms with Crippen LogP contribution in [0.5, 0.6) is 0 Å². The molecule has 0 saturated heterocycles. The van der Waals surface area contributed by atoms with Gasteiger partial charge in [0.1, 0.15) is 0 Å². The lowest BCUT2D eigenvalue weighted by Gasteiger charge is -2.08. The SMILES string of the molecule is CC(C)COCCCNC(=O)c1ccc(CCN)cc1. The van der Waals surface area contributed by atoms with Crippen molar-refractivity contribution >= 4 is 5.91 Å². The summed E-state index contributed by atoms with van der Waals surface area (Å²) in [5.74, 6) is 0.518. The summed E-state index contributed by atoms with van der Waals surface area (Å²) in [6, 6.07) is 7.59. The second kappa shape index (κ2) is 9.50. The molecule has 0 unspecified atom stereocenters. The lowest BCUT2D eigenvalue weighted by molar-refractivity contribution is 0.0925. The second-order valence-electron chi connectivity index (χ2n) is 5.31. The topological polar surface area (TPSA) is 64.3 Å². The van der Waals surface area contributed by atoms with Gasteiger partial charge in [-0.3, -0.25) is 4.79 Å². The van der Waals surface area contributed by atoms with Gasteiger partial charge in [-0.25, -0.2) is 0 Å². The molecule has 0 aliphatic rings. The first-order valence-electron chi connectivity index (χ1n) is 7.28. The van der Waals surface area contributed by atoms with Crippen molar-refractivity contribution in [1.29, 1.82) is 0 Å². The summed E-state index contributed by atoms with van der Waals surface area (Å²) in [6.45, 7) is 6.97. The third kappa shape index (κ3) is 6.68. The van der Waals surface area contributed by atoms with Crippen LogP contribution in [0.25, 0.3) is 0 Å². The number of nitrogens with one attached hydrogen (secondary N) is 1. The minimum atomic E-state index is -0.0341. The summed E-state index contributed by atoms with van der Waals surface area (Å²) in [5, 5.41) is 2.89. The Bertz CT molecular complexity index is 388. The number of ether oxygens (including phenoxy) is 1. The molecule has 0 radical (unpaired) electrons. The largest absolute Gasteiger partial charge is 0.381 e. The molecule has 1 aromatic rings. The Hall–Kier alpha value is -1.39. The predicted octanol–water partition coefficient (Wildman–Crippen LogP) is 1.98. The highest BCUT2D eigenvalue weighted by atomic mass is 16.5. The summed E-state index contributed by atoms with van der Waals surface area (Å²) >= 11 is 0. The van der Waals surface area contributed by atoms with Gasteiger partial charge in [0, 0.05) is 25.3 Å². The third-order valence-corrected chi connectivity index (χ3v) is 2.85. The maximum atomic E-state index is 11.9. The summed E-state index contributed by atoms with van der Waals surface area (Å²) in [5.41, 5.74) is 7.34. The van der Waals surface area contributed by atoms with Crippen molar-refractivity contribution in [3.05, 3.63) is 35.4 Å². The van der Waals surface area contributed by atoms with Crippen LogP contribution in [0.2, 0.25) is 0 Å². The van der Waals surface area contributed by atoms with Crippen LogP contribution in [-0.4, -0.2) is 32.2 Å². The minimum absolute atomic E-state index is 0.0341. The highest BCUT2D eigenvalue weighted by Gasteiger charge is 2.04. The van der Waals surface area contributed by atoms with E-state index in [4.69, 9.17) is 10.5 Å². The average Bonchev–Trinajstić information content (AvgIpc) is 2.43. The van der Waals surface area contributed by atoms with Gasteiger partial charge in [-0.2, -0.15) is 0 Å². The predicted molar refractivity (Wildman–Crippen MR) is 81.8 cm³/mol. The zero-order valence-electron chi connectivity index (χ0n) is 12.5. The molecule has 0 aliphatic heterocycles. The van der Waals surface area contributed by atoms with Crippen LogP contribution >= 0.6 is 0 Å². The van der Waals surface area contributed by atoms with Crippen LogP contribution in [0.15, 0.2) is 24.3 Å². The van der Waals surface area contributed by atoms with Crippen LogP contribution < -0.4 is 11.1 Å². The summed E-state index contributed by atoms with van der Waals surface area (Å²) in [4.78, 5) is 11.9. The molecule has 1 rings (SSSR count). The van der Waals surface area contributed by atoms with Gasteiger partial charge in [0.25, 0.3) is 5.91 Å². The smallest absolute Gasteiger partial charge is 0.251 e. The van der Waals surface area contributed by atoms with E-state index in [1.54, 1.807) is 0 Å². The Labute approximate surface area is 121 Å². The Morgan fingerprint density at radius 3 is 2.60 bits per heavy atom. The van der Waals surface area contributed by atoms with Gasteiger partial charge in [0.2, 0.25) is 0 Å². The van der Waals surface area contributed by atoms with Gasteiger partial charge in [0.15, 0.2) is 0 Å². The highest BCUT2D eigenvalue weighted by molar-refractivity contribution is 5.94. The Morgan fingerprint density at radius 2 is 2.00 bits per heavy atom. The van der Waals surface area contributed by atoms with Gasteiger partial charge in [-0.15, -0.1) is 0 Å².